The lowest BCUT2D eigenvalue weighted by Gasteiger charge is -1.98. The zero-order valence-corrected chi connectivity index (χ0v) is 7.90. The van der Waals surface area contributed by atoms with E-state index in [0.717, 1.165) is 5.56 Å². The Hall–Kier alpha value is -2.18. The average Bonchev–Trinajstić information content (AvgIpc) is 2.93. The second kappa shape index (κ2) is 2.91. The van der Waals surface area contributed by atoms with Gasteiger partial charge in [-0.25, -0.2) is 4.79 Å². The maximum atomic E-state index is 10.1. The third-order valence-corrected chi connectivity index (χ3v) is 2.60. The highest BCUT2D eigenvalue weighted by molar-refractivity contribution is 5.96. The van der Waals surface area contributed by atoms with Crippen LogP contribution < -0.4 is 0 Å². The molecule has 0 unspecified atom stereocenters. The van der Waals surface area contributed by atoms with Gasteiger partial charge in [-0.1, -0.05) is 24.3 Å². The summed E-state index contributed by atoms with van der Waals surface area (Å²) in [5.41, 5.74) is 5.73. The molecule has 0 bridgehead atoms. The van der Waals surface area contributed by atoms with Gasteiger partial charge in [0.15, 0.2) is 0 Å². The van der Waals surface area contributed by atoms with Crippen LogP contribution in [0.3, 0.4) is 0 Å². The molecule has 0 amide bonds. The van der Waals surface area contributed by atoms with Gasteiger partial charge in [0.25, 0.3) is 0 Å². The Kier molecular flexibility index (Phi) is 1.58. The van der Waals surface area contributed by atoms with Gasteiger partial charge >= 0.3 is 0 Å². The van der Waals surface area contributed by atoms with Crippen molar-refractivity contribution in [2.24, 2.45) is 4.99 Å². The molecule has 70 valence electrons. The van der Waals surface area contributed by atoms with E-state index in [1.54, 1.807) is 0 Å². The molecule has 2 aliphatic rings. The lowest BCUT2D eigenvalue weighted by Crippen LogP contribution is -1.72. The smallest absolute Gasteiger partial charge is 0.211 e. The van der Waals surface area contributed by atoms with Gasteiger partial charge in [-0.2, -0.15) is 4.99 Å². The predicted octanol–water partition coefficient (Wildman–Crippen LogP) is 3.30. The Morgan fingerprint density at radius 1 is 0.867 bits per heavy atom. The molecule has 0 spiro atoms. The van der Waals surface area contributed by atoms with Crippen LogP contribution in [0, 0.1) is 0 Å². The molecule has 0 aliphatic heterocycles. The van der Waals surface area contributed by atoms with E-state index in [2.05, 4.69) is 23.2 Å². The van der Waals surface area contributed by atoms with Crippen molar-refractivity contribution in [1.82, 2.24) is 0 Å². The third-order valence-electron chi connectivity index (χ3n) is 2.60. The first-order valence-electron chi connectivity index (χ1n) is 4.71. The molecule has 2 aliphatic carbocycles. The van der Waals surface area contributed by atoms with Gasteiger partial charge in [-0.05, 0) is 40.5 Å². The summed E-state index contributed by atoms with van der Waals surface area (Å²) >= 11 is 0. The second-order valence-corrected chi connectivity index (χ2v) is 3.51. The number of benzene rings is 2. The van der Waals surface area contributed by atoms with Gasteiger partial charge in [-0.15, -0.1) is 0 Å². The maximum Gasteiger partial charge on any atom is 0.240 e. The second-order valence-electron chi connectivity index (χ2n) is 3.51. The van der Waals surface area contributed by atoms with Crippen molar-refractivity contribution in [3.05, 3.63) is 42.5 Å². The first-order chi connectivity index (χ1) is 7.38. The number of fused-ring (bicyclic) bond motifs is 1. The van der Waals surface area contributed by atoms with Gasteiger partial charge in [0, 0.05) is 0 Å². The van der Waals surface area contributed by atoms with Crippen LogP contribution in [0.1, 0.15) is 0 Å². The summed E-state index contributed by atoms with van der Waals surface area (Å²) in [5.74, 6) is 0. The minimum Gasteiger partial charge on any atom is -0.211 e. The Morgan fingerprint density at radius 2 is 1.60 bits per heavy atom. The Morgan fingerprint density at radius 3 is 2.13 bits per heavy atom. The topological polar surface area (TPSA) is 29.4 Å². The van der Waals surface area contributed by atoms with Crippen LogP contribution in [-0.2, 0) is 4.79 Å². The van der Waals surface area contributed by atoms with E-state index in [-0.39, 0.29) is 0 Å². The highest BCUT2D eigenvalue weighted by Crippen LogP contribution is 2.43. The summed E-state index contributed by atoms with van der Waals surface area (Å²) < 4.78 is 0. The van der Waals surface area contributed by atoms with E-state index in [0.29, 0.717) is 5.69 Å². The van der Waals surface area contributed by atoms with Crippen LogP contribution in [0.5, 0.6) is 0 Å². The van der Waals surface area contributed by atoms with Crippen LogP contribution in [0.4, 0.5) is 5.69 Å². The Bertz CT molecular complexity index is 578. The van der Waals surface area contributed by atoms with Crippen LogP contribution in [0.2, 0.25) is 0 Å². The zero-order valence-electron chi connectivity index (χ0n) is 7.90. The number of isocyanates is 1. The van der Waals surface area contributed by atoms with Crippen LogP contribution in [-0.4, -0.2) is 6.08 Å². The molecule has 0 heterocycles. The summed E-state index contributed by atoms with van der Waals surface area (Å²) in [6.45, 7) is 0. The van der Waals surface area contributed by atoms with Crippen LogP contribution in [0.15, 0.2) is 47.5 Å². The molecule has 2 nitrogen and oxygen atoms in total. The molecule has 0 N–H and O–H groups in total. The fourth-order valence-corrected chi connectivity index (χ4v) is 1.77. The van der Waals surface area contributed by atoms with E-state index in [9.17, 15) is 4.79 Å². The fraction of sp³-hybridized carbons (Fsp3) is 0. The molecule has 2 heteroatoms. The third kappa shape index (κ3) is 1.28. The van der Waals surface area contributed by atoms with E-state index < -0.39 is 0 Å². The normalized spacial score (nSPS) is 10.7. The molecule has 0 fully saturated rings. The highest BCUT2D eigenvalue weighted by Gasteiger charge is 2.17. The molecule has 3 rings (SSSR count). The number of carbonyl (C=O) groups excluding carboxylic acids is 1. The number of hydrogen-bond acceptors (Lipinski definition) is 2. The van der Waals surface area contributed by atoms with Gasteiger partial charge in [0.2, 0.25) is 6.08 Å². The molecular weight excluding hydrogens is 186 g/mol. The van der Waals surface area contributed by atoms with Crippen molar-refractivity contribution in [3.63, 3.8) is 0 Å². The van der Waals surface area contributed by atoms with Crippen molar-refractivity contribution in [1.29, 1.82) is 0 Å². The molecule has 1 aromatic carbocycles. The van der Waals surface area contributed by atoms with Gasteiger partial charge in [-0.3, -0.25) is 0 Å². The molecule has 0 aromatic heterocycles. The number of aliphatic imine (C=N–C) groups is 1. The Balaban J connectivity index is 2.01. The van der Waals surface area contributed by atoms with Crippen molar-refractivity contribution < 1.29 is 4.79 Å². The monoisotopic (exact) mass is 193 g/mol. The minimum atomic E-state index is 0.644. The first kappa shape index (κ1) is 8.16. The fourth-order valence-electron chi connectivity index (χ4n) is 1.77. The number of hydrogen-bond donors (Lipinski definition) is 0. The molecule has 15 heavy (non-hydrogen) atoms. The maximum absolute atomic E-state index is 10.1. The Labute approximate surface area is 86.9 Å². The molecule has 0 saturated carbocycles. The largest absolute Gasteiger partial charge is 0.240 e. The van der Waals surface area contributed by atoms with Crippen molar-refractivity contribution in [3.8, 4) is 22.3 Å². The quantitative estimate of drug-likeness (QED) is 0.453. The summed E-state index contributed by atoms with van der Waals surface area (Å²) in [7, 11) is 0. The van der Waals surface area contributed by atoms with Gasteiger partial charge in [0.1, 0.15) is 0 Å². The molecular formula is C13H7NO. The van der Waals surface area contributed by atoms with Crippen LogP contribution in [0.25, 0.3) is 22.3 Å². The number of nitrogens with zero attached hydrogens (tertiary/aromatic N) is 1. The van der Waals surface area contributed by atoms with Gasteiger partial charge in [0.05, 0.1) is 5.69 Å². The predicted molar refractivity (Wildman–Crippen MR) is 58.7 cm³/mol. The first-order valence-corrected chi connectivity index (χ1v) is 4.71. The van der Waals surface area contributed by atoms with Crippen LogP contribution >= 0.6 is 0 Å². The average molecular weight is 193 g/mol. The van der Waals surface area contributed by atoms with E-state index in [4.69, 9.17) is 0 Å². The SMILES string of the molecule is O=C=Nc1ccc(-c2ccc3cc2-3)cc1. The lowest BCUT2D eigenvalue weighted by atomic mass is 10.1. The molecule has 0 atom stereocenters. The summed E-state index contributed by atoms with van der Waals surface area (Å²) in [6, 6.07) is 14.0. The van der Waals surface area contributed by atoms with E-state index in [1.807, 2.05) is 24.3 Å². The van der Waals surface area contributed by atoms with Crippen molar-refractivity contribution in [2.75, 3.05) is 0 Å². The zero-order chi connectivity index (χ0) is 10.3. The summed E-state index contributed by atoms with van der Waals surface area (Å²) in [4.78, 5) is 13.6. The number of rotatable bonds is 2. The summed E-state index contributed by atoms with van der Waals surface area (Å²) in [6.07, 6.45) is 1.53. The standard InChI is InChI=1S/C13H7NO/c15-8-14-11-4-1-9(2-5-11)12-6-3-10-7-13(10)12/h1-7H. The highest BCUT2D eigenvalue weighted by atomic mass is 16.1. The summed E-state index contributed by atoms with van der Waals surface area (Å²) in [5, 5.41) is 0. The lowest BCUT2D eigenvalue weighted by molar-refractivity contribution is 0.565. The molecule has 1 aromatic rings. The van der Waals surface area contributed by atoms with Crippen molar-refractivity contribution >= 4 is 11.8 Å². The molecule has 0 radical (unpaired) electrons. The van der Waals surface area contributed by atoms with Gasteiger partial charge < -0.3 is 0 Å². The van der Waals surface area contributed by atoms with E-state index >= 15 is 0 Å². The molecule has 0 saturated heterocycles. The van der Waals surface area contributed by atoms with E-state index in [1.165, 1.54) is 22.8 Å². The minimum absolute atomic E-state index is 0.644. The van der Waals surface area contributed by atoms with Crippen molar-refractivity contribution in [2.45, 2.75) is 0 Å².